The minimum Gasteiger partial charge on any atom is -0.339 e. The predicted octanol–water partition coefficient (Wildman–Crippen LogP) is 3.75. The molecule has 30 heavy (non-hydrogen) atoms. The van der Waals surface area contributed by atoms with Gasteiger partial charge in [-0.25, -0.2) is 0 Å². The number of aromatic nitrogens is 4. The van der Waals surface area contributed by atoms with Gasteiger partial charge in [0.2, 0.25) is 11.7 Å². The van der Waals surface area contributed by atoms with Crippen molar-refractivity contribution in [2.24, 2.45) is 5.41 Å². The molecule has 3 aromatic rings. The Morgan fingerprint density at radius 2 is 1.90 bits per heavy atom. The fourth-order valence-electron chi connectivity index (χ4n) is 3.76. The Hall–Kier alpha value is -2.90. The molecule has 8 heteroatoms. The molecule has 0 aliphatic carbocycles. The SMILES string of the molecule is CC(C)n1ncc2ccc(-c3noc(N4CCN(C(=O)CC(C)(C)C)CC4)n3)cc21. The second-order valence-corrected chi connectivity index (χ2v) is 9.46. The number of carbonyl (C=O) groups is 1. The largest absolute Gasteiger partial charge is 0.339 e. The van der Waals surface area contributed by atoms with E-state index in [-0.39, 0.29) is 17.4 Å². The van der Waals surface area contributed by atoms with Crippen LogP contribution in [0.2, 0.25) is 0 Å². The summed E-state index contributed by atoms with van der Waals surface area (Å²) in [4.78, 5) is 21.0. The van der Waals surface area contributed by atoms with E-state index in [1.165, 1.54) is 0 Å². The first-order chi connectivity index (χ1) is 14.2. The van der Waals surface area contributed by atoms with Gasteiger partial charge in [0.05, 0.1) is 11.7 Å². The van der Waals surface area contributed by atoms with Crippen LogP contribution in [0.4, 0.5) is 6.01 Å². The Morgan fingerprint density at radius 3 is 2.57 bits per heavy atom. The molecule has 0 unspecified atom stereocenters. The summed E-state index contributed by atoms with van der Waals surface area (Å²) in [5, 5.41) is 9.75. The first kappa shape index (κ1) is 20.4. The number of nitrogens with zero attached hydrogens (tertiary/aromatic N) is 6. The predicted molar refractivity (Wildman–Crippen MR) is 116 cm³/mol. The van der Waals surface area contributed by atoms with Crippen molar-refractivity contribution in [2.45, 2.75) is 47.1 Å². The van der Waals surface area contributed by atoms with Gasteiger partial charge in [0.25, 0.3) is 0 Å². The number of fused-ring (bicyclic) bond motifs is 1. The first-order valence-corrected chi connectivity index (χ1v) is 10.6. The Kier molecular flexibility index (Phi) is 5.26. The number of rotatable bonds is 4. The summed E-state index contributed by atoms with van der Waals surface area (Å²) in [5.41, 5.74) is 1.96. The Bertz CT molecular complexity index is 1040. The number of piperazine rings is 1. The highest BCUT2D eigenvalue weighted by Gasteiger charge is 2.27. The maximum absolute atomic E-state index is 12.5. The molecule has 1 aromatic carbocycles. The molecule has 4 rings (SSSR count). The van der Waals surface area contributed by atoms with Crippen molar-refractivity contribution in [3.8, 4) is 11.4 Å². The van der Waals surface area contributed by atoms with Crippen molar-refractivity contribution in [3.05, 3.63) is 24.4 Å². The molecule has 160 valence electrons. The summed E-state index contributed by atoms with van der Waals surface area (Å²) in [5.74, 6) is 0.776. The van der Waals surface area contributed by atoms with Crippen LogP contribution in [0.25, 0.3) is 22.3 Å². The molecular formula is C22H30N6O2. The number of hydrogen-bond donors (Lipinski definition) is 0. The molecule has 1 amide bonds. The standard InChI is InChI=1S/C22H30N6O2/c1-15(2)28-18-12-16(6-7-17(18)14-23-28)20-24-21(30-25-20)27-10-8-26(9-11-27)19(29)13-22(3,4)5/h6-7,12,14-15H,8-11,13H2,1-5H3. The van der Waals surface area contributed by atoms with Crippen LogP contribution in [0.3, 0.4) is 0 Å². The molecule has 0 atom stereocenters. The average molecular weight is 411 g/mol. The van der Waals surface area contributed by atoms with Gasteiger partial charge >= 0.3 is 6.01 Å². The Morgan fingerprint density at radius 1 is 1.17 bits per heavy atom. The number of anilines is 1. The van der Waals surface area contributed by atoms with Crippen molar-refractivity contribution >= 4 is 22.8 Å². The zero-order valence-electron chi connectivity index (χ0n) is 18.4. The molecular weight excluding hydrogens is 380 g/mol. The molecule has 0 radical (unpaired) electrons. The van der Waals surface area contributed by atoms with Crippen LogP contribution in [0.5, 0.6) is 0 Å². The van der Waals surface area contributed by atoms with Crippen LogP contribution in [-0.4, -0.2) is 56.9 Å². The second kappa shape index (κ2) is 7.74. The van der Waals surface area contributed by atoms with Gasteiger partial charge in [-0.1, -0.05) is 38.1 Å². The summed E-state index contributed by atoms with van der Waals surface area (Å²) >= 11 is 0. The first-order valence-electron chi connectivity index (χ1n) is 10.6. The van der Waals surface area contributed by atoms with Crippen LogP contribution in [0.15, 0.2) is 28.9 Å². The van der Waals surface area contributed by atoms with E-state index in [4.69, 9.17) is 4.52 Å². The van der Waals surface area contributed by atoms with Gasteiger partial charge in [0.15, 0.2) is 0 Å². The van der Waals surface area contributed by atoms with Gasteiger partial charge in [0, 0.05) is 49.6 Å². The van der Waals surface area contributed by atoms with Crippen molar-refractivity contribution in [1.82, 2.24) is 24.8 Å². The van der Waals surface area contributed by atoms with Crippen molar-refractivity contribution in [1.29, 1.82) is 0 Å². The maximum atomic E-state index is 12.5. The van der Waals surface area contributed by atoms with Gasteiger partial charge in [-0.3, -0.25) is 9.48 Å². The second-order valence-electron chi connectivity index (χ2n) is 9.46. The molecule has 0 spiro atoms. The van der Waals surface area contributed by atoms with E-state index in [0.717, 1.165) is 16.5 Å². The lowest BCUT2D eigenvalue weighted by Crippen LogP contribution is -2.49. The van der Waals surface area contributed by atoms with Crippen molar-refractivity contribution < 1.29 is 9.32 Å². The highest BCUT2D eigenvalue weighted by atomic mass is 16.5. The van der Waals surface area contributed by atoms with E-state index in [1.54, 1.807) is 0 Å². The van der Waals surface area contributed by atoms with E-state index in [1.807, 2.05) is 32.8 Å². The summed E-state index contributed by atoms with van der Waals surface area (Å²) in [6.45, 7) is 13.2. The van der Waals surface area contributed by atoms with Crippen molar-refractivity contribution in [3.63, 3.8) is 0 Å². The summed E-state index contributed by atoms with van der Waals surface area (Å²) < 4.78 is 7.54. The van der Waals surface area contributed by atoms with Crippen LogP contribution >= 0.6 is 0 Å². The fourth-order valence-corrected chi connectivity index (χ4v) is 3.76. The minimum absolute atomic E-state index is 0.00164. The fraction of sp³-hybridized carbons (Fsp3) is 0.545. The van der Waals surface area contributed by atoms with Crippen LogP contribution in [0, 0.1) is 5.41 Å². The quantitative estimate of drug-likeness (QED) is 0.652. The smallest absolute Gasteiger partial charge is 0.324 e. The maximum Gasteiger partial charge on any atom is 0.324 e. The summed E-state index contributed by atoms with van der Waals surface area (Å²) in [6, 6.07) is 6.86. The molecule has 1 fully saturated rings. The van der Waals surface area contributed by atoms with Crippen LogP contribution in [-0.2, 0) is 4.79 Å². The van der Waals surface area contributed by atoms with E-state index >= 15 is 0 Å². The van der Waals surface area contributed by atoms with Gasteiger partial charge in [-0.05, 0) is 25.3 Å². The average Bonchev–Trinajstić information content (AvgIpc) is 3.33. The lowest BCUT2D eigenvalue weighted by molar-refractivity contribution is -0.133. The molecule has 0 bridgehead atoms. The highest BCUT2D eigenvalue weighted by Crippen LogP contribution is 2.26. The molecule has 0 saturated carbocycles. The van der Waals surface area contributed by atoms with Gasteiger partial charge < -0.3 is 14.3 Å². The number of hydrogen-bond acceptors (Lipinski definition) is 6. The molecule has 1 aliphatic heterocycles. The zero-order chi connectivity index (χ0) is 21.5. The van der Waals surface area contributed by atoms with E-state index < -0.39 is 0 Å². The Balaban J connectivity index is 1.46. The molecule has 2 aromatic heterocycles. The summed E-state index contributed by atoms with van der Waals surface area (Å²) in [7, 11) is 0. The number of benzene rings is 1. The molecule has 0 N–H and O–H groups in total. The monoisotopic (exact) mass is 410 g/mol. The van der Waals surface area contributed by atoms with Crippen molar-refractivity contribution in [2.75, 3.05) is 31.1 Å². The third-order valence-electron chi connectivity index (χ3n) is 5.35. The van der Waals surface area contributed by atoms with Crippen LogP contribution in [0.1, 0.15) is 47.1 Å². The number of amides is 1. The van der Waals surface area contributed by atoms with Gasteiger partial charge in [-0.2, -0.15) is 10.1 Å². The molecule has 1 saturated heterocycles. The highest BCUT2D eigenvalue weighted by molar-refractivity contribution is 5.83. The van der Waals surface area contributed by atoms with E-state index in [2.05, 4.69) is 55.9 Å². The summed E-state index contributed by atoms with van der Waals surface area (Å²) in [6.07, 6.45) is 2.44. The molecule has 8 nitrogen and oxygen atoms in total. The third-order valence-corrected chi connectivity index (χ3v) is 5.35. The third kappa shape index (κ3) is 4.17. The van der Waals surface area contributed by atoms with E-state index in [0.29, 0.717) is 44.4 Å². The molecule has 1 aliphatic rings. The number of carbonyl (C=O) groups excluding carboxylic acids is 1. The van der Waals surface area contributed by atoms with E-state index in [9.17, 15) is 4.79 Å². The lowest BCUT2D eigenvalue weighted by atomic mass is 9.91. The normalized spacial score (nSPS) is 15.4. The van der Waals surface area contributed by atoms with Gasteiger partial charge in [-0.15, -0.1) is 0 Å². The van der Waals surface area contributed by atoms with Crippen LogP contribution < -0.4 is 4.90 Å². The van der Waals surface area contributed by atoms with Gasteiger partial charge in [0.1, 0.15) is 0 Å². The zero-order valence-corrected chi connectivity index (χ0v) is 18.4. The lowest BCUT2D eigenvalue weighted by Gasteiger charge is -2.34. The Labute approximate surface area is 176 Å². The molecule has 3 heterocycles. The topological polar surface area (TPSA) is 80.3 Å². The minimum atomic E-state index is 0.00164.